The van der Waals surface area contributed by atoms with Gasteiger partial charge in [0, 0.05) is 19.8 Å². The highest BCUT2D eigenvalue weighted by Gasteiger charge is 2.17. The number of hydrogen-bond donors (Lipinski definition) is 1. The lowest BCUT2D eigenvalue weighted by molar-refractivity contribution is -0.116. The van der Waals surface area contributed by atoms with E-state index in [1.54, 1.807) is 11.8 Å². The molecule has 0 aliphatic heterocycles. The molecule has 0 spiro atoms. The van der Waals surface area contributed by atoms with E-state index in [-0.39, 0.29) is 23.6 Å². The van der Waals surface area contributed by atoms with E-state index < -0.39 is 11.2 Å². The first-order valence-electron chi connectivity index (χ1n) is 9.26. The van der Waals surface area contributed by atoms with Crippen LogP contribution in [0, 0.1) is 6.92 Å². The molecule has 0 fully saturated rings. The lowest BCUT2D eigenvalue weighted by Gasteiger charge is -2.06. The highest BCUT2D eigenvalue weighted by atomic mass is 32.2. The van der Waals surface area contributed by atoms with Gasteiger partial charge >= 0.3 is 5.69 Å². The summed E-state index contributed by atoms with van der Waals surface area (Å²) in [5, 5.41) is 11.2. The lowest BCUT2D eigenvalue weighted by Crippen LogP contribution is -2.37. The molecule has 3 heterocycles. The summed E-state index contributed by atoms with van der Waals surface area (Å²) in [6, 6.07) is 8.27. The molecule has 0 saturated heterocycles. The van der Waals surface area contributed by atoms with Crippen LogP contribution in [0.5, 0.6) is 0 Å². The van der Waals surface area contributed by atoms with Crippen LogP contribution in [0.3, 0.4) is 0 Å². The van der Waals surface area contributed by atoms with E-state index in [4.69, 9.17) is 0 Å². The molecular formula is C19H19N7O3S2. The van der Waals surface area contributed by atoms with Gasteiger partial charge in [0.05, 0.1) is 6.33 Å². The maximum Gasteiger partial charge on any atom is 0.332 e. The first kappa shape index (κ1) is 21.0. The summed E-state index contributed by atoms with van der Waals surface area (Å²) in [6.45, 7) is 1.90. The Labute approximate surface area is 184 Å². The van der Waals surface area contributed by atoms with Gasteiger partial charge in [0.1, 0.15) is 6.54 Å². The van der Waals surface area contributed by atoms with Crippen LogP contribution in [-0.4, -0.2) is 34.8 Å². The van der Waals surface area contributed by atoms with Gasteiger partial charge in [0.15, 0.2) is 15.5 Å². The van der Waals surface area contributed by atoms with Gasteiger partial charge < -0.3 is 4.57 Å². The molecule has 0 aliphatic rings. The molecule has 1 aromatic carbocycles. The average Bonchev–Trinajstić information content (AvgIpc) is 3.37. The number of hydrogen-bond acceptors (Lipinski definition) is 8. The van der Waals surface area contributed by atoms with Crippen molar-refractivity contribution >= 4 is 45.3 Å². The lowest BCUT2D eigenvalue weighted by atomic mass is 10.2. The third-order valence-electron chi connectivity index (χ3n) is 4.67. The smallest absolute Gasteiger partial charge is 0.315 e. The Morgan fingerprint density at radius 2 is 1.87 bits per heavy atom. The Bertz CT molecular complexity index is 1380. The number of benzene rings is 1. The van der Waals surface area contributed by atoms with Crippen molar-refractivity contribution in [3.63, 3.8) is 0 Å². The molecule has 1 N–H and O–H groups in total. The van der Waals surface area contributed by atoms with Gasteiger partial charge in [-0.05, 0) is 12.5 Å². The molecule has 0 atom stereocenters. The zero-order valence-corrected chi connectivity index (χ0v) is 18.7. The largest absolute Gasteiger partial charge is 0.332 e. The SMILES string of the molecule is Cc1ccc(CSc2nnc(NC(=O)Cn3cnc4c3c(=O)n(C)c(=O)n4C)s2)cc1. The summed E-state index contributed by atoms with van der Waals surface area (Å²) in [7, 11) is 2.91. The Kier molecular flexibility index (Phi) is 5.74. The monoisotopic (exact) mass is 457 g/mol. The molecular weight excluding hydrogens is 438 g/mol. The van der Waals surface area contributed by atoms with Gasteiger partial charge in [-0.2, -0.15) is 0 Å². The van der Waals surface area contributed by atoms with E-state index in [9.17, 15) is 14.4 Å². The van der Waals surface area contributed by atoms with Crippen molar-refractivity contribution in [2.75, 3.05) is 5.32 Å². The number of anilines is 1. The Balaban J connectivity index is 1.43. The summed E-state index contributed by atoms with van der Waals surface area (Å²) in [6.07, 6.45) is 1.37. The number of carbonyl (C=O) groups is 1. The number of fused-ring (bicyclic) bond motifs is 1. The number of aromatic nitrogens is 6. The van der Waals surface area contributed by atoms with Gasteiger partial charge in [-0.1, -0.05) is 52.9 Å². The maximum atomic E-state index is 12.5. The maximum absolute atomic E-state index is 12.5. The zero-order chi connectivity index (χ0) is 22.1. The molecule has 0 saturated carbocycles. The predicted octanol–water partition coefficient (Wildman–Crippen LogP) is 1.52. The number of rotatable bonds is 6. The van der Waals surface area contributed by atoms with E-state index in [0.29, 0.717) is 5.13 Å². The molecule has 12 heteroatoms. The van der Waals surface area contributed by atoms with Gasteiger partial charge in [-0.25, -0.2) is 9.78 Å². The number of aryl methyl sites for hydroxylation is 2. The molecule has 31 heavy (non-hydrogen) atoms. The van der Waals surface area contributed by atoms with E-state index in [1.807, 2.05) is 6.92 Å². The van der Waals surface area contributed by atoms with Crippen LogP contribution in [-0.2, 0) is 31.2 Å². The Morgan fingerprint density at radius 3 is 2.61 bits per heavy atom. The fourth-order valence-corrected chi connectivity index (χ4v) is 4.70. The minimum atomic E-state index is -0.505. The van der Waals surface area contributed by atoms with Gasteiger partial charge in [-0.15, -0.1) is 10.2 Å². The number of thioether (sulfide) groups is 1. The van der Waals surface area contributed by atoms with Crippen LogP contribution in [0.25, 0.3) is 11.2 Å². The van der Waals surface area contributed by atoms with Crippen LogP contribution in [0.1, 0.15) is 11.1 Å². The molecule has 10 nitrogen and oxygen atoms in total. The second-order valence-corrected chi connectivity index (χ2v) is 9.15. The number of amides is 1. The zero-order valence-electron chi connectivity index (χ0n) is 17.0. The highest BCUT2D eigenvalue weighted by molar-refractivity contribution is 8.00. The molecule has 0 unspecified atom stereocenters. The summed E-state index contributed by atoms with van der Waals surface area (Å²) in [4.78, 5) is 41.1. The van der Waals surface area contributed by atoms with Crippen molar-refractivity contribution in [2.24, 2.45) is 14.1 Å². The van der Waals surface area contributed by atoms with Crippen LogP contribution in [0.4, 0.5) is 5.13 Å². The molecule has 4 aromatic rings. The second-order valence-electron chi connectivity index (χ2n) is 6.95. The minimum Gasteiger partial charge on any atom is -0.315 e. The third-order valence-corrected chi connectivity index (χ3v) is 6.71. The van der Waals surface area contributed by atoms with Crippen molar-refractivity contribution in [1.29, 1.82) is 0 Å². The predicted molar refractivity (Wildman–Crippen MR) is 119 cm³/mol. The van der Waals surface area contributed by atoms with Gasteiger partial charge in [0.2, 0.25) is 11.0 Å². The van der Waals surface area contributed by atoms with Crippen LogP contribution >= 0.6 is 23.1 Å². The average molecular weight is 458 g/mol. The van der Waals surface area contributed by atoms with E-state index in [2.05, 4.69) is 44.8 Å². The van der Waals surface area contributed by atoms with E-state index >= 15 is 0 Å². The first-order chi connectivity index (χ1) is 14.8. The number of carbonyl (C=O) groups excluding carboxylic acids is 1. The molecule has 3 aromatic heterocycles. The number of imidazole rings is 1. The van der Waals surface area contributed by atoms with Crippen molar-refractivity contribution < 1.29 is 4.79 Å². The molecule has 0 bridgehead atoms. The van der Waals surface area contributed by atoms with E-state index in [0.717, 1.165) is 14.7 Å². The summed E-state index contributed by atoms with van der Waals surface area (Å²) >= 11 is 2.83. The van der Waals surface area contributed by atoms with E-state index in [1.165, 1.54) is 52.0 Å². The molecule has 160 valence electrons. The second kappa shape index (κ2) is 8.47. The summed E-state index contributed by atoms with van der Waals surface area (Å²) < 4.78 is 4.42. The van der Waals surface area contributed by atoms with Crippen molar-refractivity contribution in [2.45, 2.75) is 23.6 Å². The third kappa shape index (κ3) is 4.30. The Hall–Kier alpha value is -3.25. The molecule has 0 aliphatic carbocycles. The Morgan fingerprint density at radius 1 is 1.13 bits per heavy atom. The quantitative estimate of drug-likeness (QED) is 0.345. The van der Waals surface area contributed by atoms with Crippen LogP contribution in [0.2, 0.25) is 0 Å². The summed E-state index contributed by atoms with van der Waals surface area (Å²) in [5.74, 6) is 0.382. The molecule has 4 rings (SSSR count). The topological polar surface area (TPSA) is 117 Å². The van der Waals surface area contributed by atoms with Gasteiger partial charge in [0.25, 0.3) is 5.56 Å². The van der Waals surface area contributed by atoms with Crippen molar-refractivity contribution in [1.82, 2.24) is 28.9 Å². The van der Waals surface area contributed by atoms with Crippen molar-refractivity contribution in [3.8, 4) is 0 Å². The fraction of sp³-hybridized carbons (Fsp3) is 0.263. The van der Waals surface area contributed by atoms with Crippen molar-refractivity contribution in [3.05, 3.63) is 62.6 Å². The summed E-state index contributed by atoms with van der Waals surface area (Å²) in [5.41, 5.74) is 1.82. The number of nitrogens with zero attached hydrogens (tertiary/aromatic N) is 6. The number of nitrogens with one attached hydrogen (secondary N) is 1. The first-order valence-corrected chi connectivity index (χ1v) is 11.1. The molecule has 0 radical (unpaired) electrons. The molecule has 1 amide bonds. The van der Waals surface area contributed by atoms with Crippen LogP contribution in [0.15, 0.2) is 44.5 Å². The normalized spacial score (nSPS) is 11.2. The highest BCUT2D eigenvalue weighted by Crippen LogP contribution is 2.28. The van der Waals surface area contributed by atoms with Gasteiger partial charge in [-0.3, -0.25) is 24.0 Å². The minimum absolute atomic E-state index is 0.143. The standard InChI is InChI=1S/C19H19N7O3S2/c1-11-4-6-12(7-5-11)9-30-18-23-22-17(31-18)21-13(27)8-26-10-20-15-14(26)16(28)25(3)19(29)24(15)2/h4-7,10H,8-9H2,1-3H3,(H,21,22,27). The fourth-order valence-electron chi connectivity index (χ4n) is 2.98. The van der Waals surface area contributed by atoms with Crippen LogP contribution < -0.4 is 16.6 Å².